The summed E-state index contributed by atoms with van der Waals surface area (Å²) in [6.45, 7) is 4.27. The van der Waals surface area contributed by atoms with E-state index >= 15 is 0 Å². The molecule has 108 valence electrons. The second kappa shape index (κ2) is 11.8. The number of rotatable bonds is 8. The van der Waals surface area contributed by atoms with Crippen LogP contribution in [-0.4, -0.2) is 5.97 Å². The van der Waals surface area contributed by atoms with Crippen LogP contribution in [0.5, 0.6) is 0 Å². The molecule has 0 N–H and O–H groups in total. The van der Waals surface area contributed by atoms with E-state index in [4.69, 9.17) is 0 Å². The number of allylic oxidation sites excluding steroid dienone is 2. The zero-order chi connectivity index (χ0) is 14.8. The van der Waals surface area contributed by atoms with Gasteiger partial charge < -0.3 is 9.90 Å². The van der Waals surface area contributed by atoms with Crippen LogP contribution in [0.3, 0.4) is 0 Å². The molecule has 0 aliphatic heterocycles. The van der Waals surface area contributed by atoms with Crippen molar-refractivity contribution in [2.75, 3.05) is 0 Å². The maximum absolute atomic E-state index is 10.8. The van der Waals surface area contributed by atoms with Gasteiger partial charge >= 0.3 is 29.6 Å². The van der Waals surface area contributed by atoms with Gasteiger partial charge in [-0.2, -0.15) is 0 Å². The van der Waals surface area contributed by atoms with Crippen molar-refractivity contribution in [1.82, 2.24) is 0 Å². The van der Waals surface area contributed by atoms with Gasteiger partial charge in [-0.05, 0) is 35.6 Å². The summed E-state index contributed by atoms with van der Waals surface area (Å²) in [6.07, 6.45) is 12.6. The van der Waals surface area contributed by atoms with Crippen molar-refractivity contribution >= 4 is 18.1 Å². The Morgan fingerprint density at radius 2 is 1.48 bits per heavy atom. The second-order valence-electron chi connectivity index (χ2n) is 4.94. The predicted octanol–water partition coefficient (Wildman–Crippen LogP) is 0.610. The van der Waals surface area contributed by atoms with Gasteiger partial charge in [-0.25, -0.2) is 0 Å². The number of hydrogen-bond donors (Lipinski definition) is 0. The van der Waals surface area contributed by atoms with E-state index in [-0.39, 0.29) is 36.0 Å². The Labute approximate surface area is 150 Å². The van der Waals surface area contributed by atoms with Crippen molar-refractivity contribution in [2.45, 2.75) is 46.0 Å². The fourth-order valence-electron chi connectivity index (χ4n) is 1.98. The minimum Gasteiger partial charge on any atom is -0.550 e. The molecule has 0 atom stereocenters. The number of carboxylic acids is 1. The molecule has 3 heteroatoms. The van der Waals surface area contributed by atoms with Gasteiger partial charge in [0.25, 0.3) is 0 Å². The zero-order valence-corrected chi connectivity index (χ0v) is 15.4. The molecule has 0 aromatic heterocycles. The summed E-state index contributed by atoms with van der Waals surface area (Å²) in [4.78, 5) is 10.8. The van der Waals surface area contributed by atoms with Crippen LogP contribution in [0.2, 0.25) is 0 Å². The van der Waals surface area contributed by atoms with E-state index in [2.05, 4.69) is 44.2 Å². The molecular weight excluding hydrogens is 271 g/mol. The number of unbranched alkanes of at least 4 members (excludes halogenated alkanes) is 2. The van der Waals surface area contributed by atoms with Gasteiger partial charge in [0.2, 0.25) is 0 Å². The van der Waals surface area contributed by atoms with Crippen molar-refractivity contribution in [3.05, 3.63) is 47.0 Å². The molecule has 0 aliphatic rings. The molecule has 0 fully saturated rings. The normalized spacial score (nSPS) is 11.0. The fourth-order valence-corrected chi connectivity index (χ4v) is 1.98. The molecule has 0 radical (unpaired) electrons. The largest absolute Gasteiger partial charge is 1.00 e. The first-order valence-electron chi connectivity index (χ1n) is 7.32. The first-order chi connectivity index (χ1) is 9.65. The van der Waals surface area contributed by atoms with Gasteiger partial charge in [-0.15, -0.1) is 0 Å². The SMILES string of the molecule is CCC/C=C/c1cc(/C=C/CCC)cc(CC(=O)[O-])c1.[Na+]. The standard InChI is InChI=1S/C18H24O2.Na/c1-3-5-7-9-15-11-16(10-8-6-4-2)13-17(12-15)14-18(19)20;/h7-13H,3-6,14H2,1-2H3,(H,19,20);/q;+1/p-1/b9-7+,10-8+;. The minimum absolute atomic E-state index is 0. The molecule has 2 nitrogen and oxygen atoms in total. The van der Waals surface area contributed by atoms with Gasteiger partial charge in [-0.3, -0.25) is 0 Å². The average Bonchev–Trinajstić information content (AvgIpc) is 2.38. The Bertz CT molecular complexity index is 456. The average molecular weight is 294 g/mol. The minimum atomic E-state index is -1.04. The van der Waals surface area contributed by atoms with Crippen LogP contribution in [-0.2, 0) is 11.2 Å². The van der Waals surface area contributed by atoms with Crippen molar-refractivity contribution < 1.29 is 39.5 Å². The van der Waals surface area contributed by atoms with E-state index in [1.54, 1.807) is 0 Å². The molecule has 1 aromatic carbocycles. The van der Waals surface area contributed by atoms with Gasteiger partial charge in [0.1, 0.15) is 0 Å². The number of hydrogen-bond acceptors (Lipinski definition) is 2. The van der Waals surface area contributed by atoms with E-state index < -0.39 is 5.97 Å². The fraction of sp³-hybridized carbons (Fsp3) is 0.389. The summed E-state index contributed by atoms with van der Waals surface area (Å²) in [5.74, 6) is -1.04. The van der Waals surface area contributed by atoms with Crippen LogP contribution in [0, 0.1) is 0 Å². The van der Waals surface area contributed by atoms with Gasteiger partial charge in [0.15, 0.2) is 0 Å². The number of benzene rings is 1. The zero-order valence-electron chi connectivity index (χ0n) is 13.4. The molecule has 0 unspecified atom stereocenters. The maximum Gasteiger partial charge on any atom is 1.00 e. The summed E-state index contributed by atoms with van der Waals surface area (Å²) < 4.78 is 0. The molecule has 0 bridgehead atoms. The Morgan fingerprint density at radius 1 is 1.00 bits per heavy atom. The third-order valence-electron chi connectivity index (χ3n) is 2.92. The summed E-state index contributed by atoms with van der Waals surface area (Å²) >= 11 is 0. The van der Waals surface area contributed by atoms with E-state index in [9.17, 15) is 9.90 Å². The van der Waals surface area contributed by atoms with Crippen LogP contribution in [0.15, 0.2) is 30.4 Å². The predicted molar refractivity (Wildman–Crippen MR) is 83.0 cm³/mol. The van der Waals surface area contributed by atoms with Crippen LogP contribution in [0.1, 0.15) is 56.2 Å². The van der Waals surface area contributed by atoms with Crippen molar-refractivity contribution in [1.29, 1.82) is 0 Å². The van der Waals surface area contributed by atoms with Crippen LogP contribution < -0.4 is 34.7 Å². The third kappa shape index (κ3) is 8.92. The molecule has 21 heavy (non-hydrogen) atoms. The van der Waals surface area contributed by atoms with E-state index in [1.807, 2.05) is 12.1 Å². The van der Waals surface area contributed by atoms with Crippen molar-refractivity contribution in [2.24, 2.45) is 0 Å². The smallest absolute Gasteiger partial charge is 0.550 e. The first-order valence-corrected chi connectivity index (χ1v) is 7.32. The molecule has 0 spiro atoms. The molecule has 0 saturated heterocycles. The van der Waals surface area contributed by atoms with E-state index in [1.165, 1.54) is 0 Å². The summed E-state index contributed by atoms with van der Waals surface area (Å²) in [5.41, 5.74) is 2.89. The second-order valence-corrected chi connectivity index (χ2v) is 4.94. The van der Waals surface area contributed by atoms with Gasteiger partial charge in [-0.1, -0.05) is 63.1 Å². The van der Waals surface area contributed by atoms with Crippen LogP contribution in [0.4, 0.5) is 0 Å². The van der Waals surface area contributed by atoms with Gasteiger partial charge in [0, 0.05) is 12.4 Å². The van der Waals surface area contributed by atoms with Crippen molar-refractivity contribution in [3.8, 4) is 0 Å². The number of carboxylic acid groups (broad SMARTS) is 1. The first kappa shape index (κ1) is 20.2. The Morgan fingerprint density at radius 3 is 1.86 bits per heavy atom. The van der Waals surface area contributed by atoms with E-state index in [0.29, 0.717) is 0 Å². The molecule has 0 saturated carbocycles. The maximum atomic E-state index is 10.8. The van der Waals surface area contributed by atoms with Gasteiger partial charge in [0.05, 0.1) is 0 Å². The molecular formula is C18H23NaO2. The molecule has 0 heterocycles. The number of carbonyl (C=O) groups excluding carboxylic acids is 1. The van der Waals surface area contributed by atoms with Crippen molar-refractivity contribution in [3.63, 3.8) is 0 Å². The summed E-state index contributed by atoms with van der Waals surface area (Å²) in [5, 5.41) is 10.8. The molecule has 0 amide bonds. The topological polar surface area (TPSA) is 40.1 Å². The van der Waals surface area contributed by atoms with Crippen LogP contribution in [0.25, 0.3) is 12.2 Å². The van der Waals surface area contributed by atoms with E-state index in [0.717, 1.165) is 42.4 Å². The Hall–Kier alpha value is -0.830. The number of carbonyl (C=O) groups is 1. The van der Waals surface area contributed by atoms with Crippen LogP contribution >= 0.6 is 0 Å². The quantitative estimate of drug-likeness (QED) is 0.659. The Balaban J connectivity index is 0.00000400. The molecule has 1 aromatic rings. The Kier molecular flexibility index (Phi) is 11.3. The molecule has 0 aliphatic carbocycles. The number of aliphatic carboxylic acids is 1. The summed E-state index contributed by atoms with van der Waals surface area (Å²) in [6, 6.07) is 5.91. The third-order valence-corrected chi connectivity index (χ3v) is 2.92. The monoisotopic (exact) mass is 294 g/mol. The summed E-state index contributed by atoms with van der Waals surface area (Å²) in [7, 11) is 0. The molecule has 1 rings (SSSR count).